The molecule has 0 amide bonds. The molecule has 0 saturated carbocycles. The lowest BCUT2D eigenvalue weighted by atomic mass is 10.4. The van der Waals surface area contributed by atoms with E-state index in [0.29, 0.717) is 12.2 Å². The monoisotopic (exact) mass is 281 g/mol. The molecule has 0 fully saturated rings. The number of benzene rings is 1. The summed E-state index contributed by atoms with van der Waals surface area (Å²) >= 11 is 7.57. The number of halogens is 1. The molecular weight excluding hydrogens is 270 g/mol. The molecule has 0 aliphatic rings. The second kappa shape index (κ2) is 6.47. The molecule has 0 bridgehead atoms. The van der Waals surface area contributed by atoms with Crippen LogP contribution in [0.2, 0.25) is 5.02 Å². The van der Waals surface area contributed by atoms with Crippen LogP contribution in [0.15, 0.2) is 46.2 Å². The van der Waals surface area contributed by atoms with E-state index >= 15 is 0 Å². The van der Waals surface area contributed by atoms with Gasteiger partial charge < -0.3 is 5.32 Å². The number of anilines is 1. The molecule has 1 heterocycles. The molecular formula is C12H12ClN3OS. The molecule has 0 aliphatic heterocycles. The Hall–Kier alpha value is -1.46. The Morgan fingerprint density at radius 3 is 2.89 bits per heavy atom. The molecule has 2 aromatic rings. The molecule has 0 aliphatic carbocycles. The summed E-state index contributed by atoms with van der Waals surface area (Å²) in [6, 6.07) is 10.1. The van der Waals surface area contributed by atoms with Crippen LogP contribution >= 0.6 is 23.4 Å². The van der Waals surface area contributed by atoms with E-state index in [-0.39, 0.29) is 10.6 Å². The Morgan fingerprint density at radius 2 is 2.11 bits per heavy atom. The van der Waals surface area contributed by atoms with E-state index < -0.39 is 0 Å². The molecule has 2 rings (SSSR count). The zero-order chi connectivity index (χ0) is 12.8. The average Bonchev–Trinajstić information content (AvgIpc) is 2.40. The summed E-state index contributed by atoms with van der Waals surface area (Å²) in [5, 5.41) is 9.20. The lowest BCUT2D eigenvalue weighted by Crippen LogP contribution is -2.13. The Bertz CT molecular complexity index is 559. The van der Waals surface area contributed by atoms with E-state index in [4.69, 9.17) is 11.6 Å². The highest BCUT2D eigenvalue weighted by Gasteiger charge is 2.03. The minimum atomic E-state index is -0.377. The van der Waals surface area contributed by atoms with E-state index in [9.17, 15) is 4.79 Å². The summed E-state index contributed by atoms with van der Waals surface area (Å²) in [5.74, 6) is 0.882. The maximum atomic E-state index is 11.2. The fourth-order valence-corrected chi connectivity index (χ4v) is 2.33. The molecule has 1 aromatic carbocycles. The van der Waals surface area contributed by atoms with Gasteiger partial charge in [0, 0.05) is 17.2 Å². The van der Waals surface area contributed by atoms with E-state index in [1.54, 1.807) is 11.8 Å². The number of hydrogen-bond donors (Lipinski definition) is 2. The predicted octanol–water partition coefficient (Wildman–Crippen LogP) is 2.63. The highest BCUT2D eigenvalue weighted by molar-refractivity contribution is 7.99. The molecule has 1 aromatic heterocycles. The summed E-state index contributed by atoms with van der Waals surface area (Å²) < 4.78 is 0. The van der Waals surface area contributed by atoms with Crippen LogP contribution in [0, 0.1) is 0 Å². The van der Waals surface area contributed by atoms with Gasteiger partial charge in [-0.15, -0.1) is 11.8 Å². The third-order valence-corrected chi connectivity index (χ3v) is 3.61. The van der Waals surface area contributed by atoms with Crippen molar-refractivity contribution in [2.75, 3.05) is 17.6 Å². The van der Waals surface area contributed by atoms with E-state index in [2.05, 4.69) is 27.6 Å². The fourth-order valence-electron chi connectivity index (χ4n) is 1.38. The van der Waals surface area contributed by atoms with Crippen LogP contribution in [0.4, 0.5) is 5.69 Å². The zero-order valence-electron chi connectivity index (χ0n) is 9.52. The van der Waals surface area contributed by atoms with Crippen molar-refractivity contribution in [1.29, 1.82) is 0 Å². The number of rotatable bonds is 5. The number of thioether (sulfide) groups is 1. The first kappa shape index (κ1) is 13.0. The van der Waals surface area contributed by atoms with Gasteiger partial charge in [0.25, 0.3) is 5.56 Å². The first-order chi connectivity index (χ1) is 8.77. The van der Waals surface area contributed by atoms with Gasteiger partial charge in [0.2, 0.25) is 0 Å². The molecule has 6 heteroatoms. The quantitative estimate of drug-likeness (QED) is 0.653. The number of nitrogens with one attached hydrogen (secondary N) is 2. The molecule has 0 unspecified atom stereocenters. The second-order valence-corrected chi connectivity index (χ2v) is 5.06. The molecule has 4 nitrogen and oxygen atoms in total. The maximum absolute atomic E-state index is 11.2. The van der Waals surface area contributed by atoms with Crippen molar-refractivity contribution in [3.05, 3.63) is 51.9 Å². The SMILES string of the molecule is O=c1[nH]ncc(NCCSc2ccccc2)c1Cl. The number of nitrogens with zero attached hydrogens (tertiary/aromatic N) is 1. The van der Waals surface area contributed by atoms with Crippen LogP contribution in [0.5, 0.6) is 0 Å². The standard InChI is InChI=1S/C12H12ClN3OS/c13-11-10(8-15-16-12(11)17)14-6-7-18-9-4-2-1-3-5-9/h1-5,8H,6-7H2,(H2,14,16,17). The Morgan fingerprint density at radius 1 is 1.33 bits per heavy atom. The lowest BCUT2D eigenvalue weighted by Gasteiger charge is -2.06. The third-order valence-electron chi connectivity index (χ3n) is 2.23. The number of aromatic amines is 1. The number of aromatic nitrogens is 2. The van der Waals surface area contributed by atoms with Crippen LogP contribution in [0.1, 0.15) is 0 Å². The zero-order valence-corrected chi connectivity index (χ0v) is 11.1. The summed E-state index contributed by atoms with van der Waals surface area (Å²) in [6.07, 6.45) is 1.51. The van der Waals surface area contributed by atoms with E-state index in [0.717, 1.165) is 5.75 Å². The van der Waals surface area contributed by atoms with Gasteiger partial charge in [0.15, 0.2) is 0 Å². The Kier molecular flexibility index (Phi) is 4.66. The minimum absolute atomic E-state index is 0.148. The summed E-state index contributed by atoms with van der Waals surface area (Å²) in [7, 11) is 0. The Labute approximate surface area is 114 Å². The van der Waals surface area contributed by atoms with Crippen molar-refractivity contribution in [2.24, 2.45) is 0 Å². The van der Waals surface area contributed by atoms with Crippen molar-refractivity contribution in [2.45, 2.75) is 4.90 Å². The average molecular weight is 282 g/mol. The van der Waals surface area contributed by atoms with E-state index in [1.807, 2.05) is 18.2 Å². The highest BCUT2D eigenvalue weighted by Crippen LogP contribution is 2.18. The molecule has 18 heavy (non-hydrogen) atoms. The van der Waals surface area contributed by atoms with Gasteiger partial charge >= 0.3 is 0 Å². The second-order valence-electron chi connectivity index (χ2n) is 3.52. The molecule has 0 radical (unpaired) electrons. The summed E-state index contributed by atoms with van der Waals surface area (Å²) in [5.41, 5.74) is 0.187. The summed E-state index contributed by atoms with van der Waals surface area (Å²) in [6.45, 7) is 0.713. The van der Waals surface area contributed by atoms with Crippen LogP contribution in [-0.2, 0) is 0 Å². The largest absolute Gasteiger partial charge is 0.382 e. The first-order valence-corrected chi connectivity index (χ1v) is 6.78. The highest BCUT2D eigenvalue weighted by atomic mass is 35.5. The fraction of sp³-hybridized carbons (Fsp3) is 0.167. The lowest BCUT2D eigenvalue weighted by molar-refractivity contribution is 0.985. The van der Waals surface area contributed by atoms with Gasteiger partial charge in [0.1, 0.15) is 5.02 Å². The van der Waals surface area contributed by atoms with Gasteiger partial charge in [-0.3, -0.25) is 4.79 Å². The van der Waals surface area contributed by atoms with Gasteiger partial charge in [0.05, 0.1) is 11.9 Å². The van der Waals surface area contributed by atoms with Crippen LogP contribution < -0.4 is 10.9 Å². The third kappa shape index (κ3) is 3.51. The topological polar surface area (TPSA) is 57.8 Å². The smallest absolute Gasteiger partial charge is 0.285 e. The maximum Gasteiger partial charge on any atom is 0.285 e. The van der Waals surface area contributed by atoms with Crippen molar-refractivity contribution in [3.63, 3.8) is 0 Å². The number of H-pyrrole nitrogens is 1. The van der Waals surface area contributed by atoms with Crippen LogP contribution in [0.25, 0.3) is 0 Å². The van der Waals surface area contributed by atoms with Gasteiger partial charge in [-0.25, -0.2) is 5.10 Å². The van der Waals surface area contributed by atoms with Gasteiger partial charge in [-0.1, -0.05) is 29.8 Å². The summed E-state index contributed by atoms with van der Waals surface area (Å²) in [4.78, 5) is 12.4. The Balaban J connectivity index is 1.82. The molecule has 0 spiro atoms. The van der Waals surface area contributed by atoms with Crippen molar-refractivity contribution in [3.8, 4) is 0 Å². The van der Waals surface area contributed by atoms with Crippen molar-refractivity contribution < 1.29 is 0 Å². The first-order valence-electron chi connectivity index (χ1n) is 5.42. The molecule has 0 atom stereocenters. The van der Waals surface area contributed by atoms with Crippen molar-refractivity contribution in [1.82, 2.24) is 10.2 Å². The molecule has 0 saturated heterocycles. The predicted molar refractivity (Wildman–Crippen MR) is 75.5 cm³/mol. The van der Waals surface area contributed by atoms with Crippen LogP contribution in [0.3, 0.4) is 0 Å². The number of hydrogen-bond acceptors (Lipinski definition) is 4. The molecule has 2 N–H and O–H groups in total. The van der Waals surface area contributed by atoms with Gasteiger partial charge in [-0.05, 0) is 12.1 Å². The van der Waals surface area contributed by atoms with Crippen molar-refractivity contribution >= 4 is 29.1 Å². The minimum Gasteiger partial charge on any atom is -0.382 e. The van der Waals surface area contributed by atoms with Crippen LogP contribution in [-0.4, -0.2) is 22.5 Å². The normalized spacial score (nSPS) is 10.3. The van der Waals surface area contributed by atoms with E-state index in [1.165, 1.54) is 11.1 Å². The molecule has 94 valence electrons. The van der Waals surface area contributed by atoms with Gasteiger partial charge in [-0.2, -0.15) is 5.10 Å².